The SMILES string of the molecule is COc1ccc(C=Cc2nc3sc(=CC=Cc4ccccc4)c(=O)n3n2)cc1OC. The maximum Gasteiger partial charge on any atom is 0.291 e. The van der Waals surface area contributed by atoms with E-state index >= 15 is 0 Å². The van der Waals surface area contributed by atoms with Crippen molar-refractivity contribution in [2.45, 2.75) is 0 Å². The second-order valence-electron chi connectivity index (χ2n) is 6.32. The van der Waals surface area contributed by atoms with Crippen LogP contribution in [0.25, 0.3) is 29.3 Å². The lowest BCUT2D eigenvalue weighted by atomic mass is 10.2. The average molecular weight is 417 g/mol. The predicted molar refractivity (Wildman–Crippen MR) is 121 cm³/mol. The van der Waals surface area contributed by atoms with Crippen LogP contribution in [0.15, 0.2) is 59.4 Å². The van der Waals surface area contributed by atoms with E-state index in [1.54, 1.807) is 26.4 Å². The summed E-state index contributed by atoms with van der Waals surface area (Å²) in [6, 6.07) is 15.5. The average Bonchev–Trinajstić information content (AvgIpc) is 3.31. The van der Waals surface area contributed by atoms with Gasteiger partial charge in [0.25, 0.3) is 5.56 Å². The van der Waals surface area contributed by atoms with E-state index in [1.807, 2.05) is 66.8 Å². The van der Waals surface area contributed by atoms with Crippen LogP contribution in [-0.2, 0) is 0 Å². The van der Waals surface area contributed by atoms with E-state index in [9.17, 15) is 4.79 Å². The molecule has 2 heterocycles. The molecule has 0 atom stereocenters. The van der Waals surface area contributed by atoms with E-state index in [1.165, 1.54) is 15.9 Å². The van der Waals surface area contributed by atoms with E-state index in [-0.39, 0.29) is 5.56 Å². The number of thiazole rings is 1. The van der Waals surface area contributed by atoms with Gasteiger partial charge in [-0.25, -0.2) is 0 Å². The van der Waals surface area contributed by atoms with E-state index in [0.717, 1.165) is 11.1 Å². The van der Waals surface area contributed by atoms with Crippen LogP contribution in [0.5, 0.6) is 11.5 Å². The molecule has 0 fully saturated rings. The fourth-order valence-electron chi connectivity index (χ4n) is 2.87. The van der Waals surface area contributed by atoms with Gasteiger partial charge in [-0.3, -0.25) is 4.79 Å². The summed E-state index contributed by atoms with van der Waals surface area (Å²) in [6.07, 6.45) is 9.22. The molecule has 0 saturated heterocycles. The monoisotopic (exact) mass is 417 g/mol. The third-order valence-electron chi connectivity index (χ3n) is 4.37. The van der Waals surface area contributed by atoms with Gasteiger partial charge in [-0.2, -0.15) is 9.50 Å². The number of rotatable bonds is 6. The smallest absolute Gasteiger partial charge is 0.291 e. The largest absolute Gasteiger partial charge is 0.493 e. The maximum absolute atomic E-state index is 12.6. The fraction of sp³-hybridized carbons (Fsp3) is 0.0870. The van der Waals surface area contributed by atoms with E-state index in [4.69, 9.17) is 9.47 Å². The molecule has 0 N–H and O–H groups in total. The highest BCUT2D eigenvalue weighted by Crippen LogP contribution is 2.28. The molecule has 2 aromatic heterocycles. The summed E-state index contributed by atoms with van der Waals surface area (Å²) < 4.78 is 12.5. The van der Waals surface area contributed by atoms with Crippen molar-refractivity contribution < 1.29 is 9.47 Å². The Labute approximate surface area is 177 Å². The van der Waals surface area contributed by atoms with Crippen molar-refractivity contribution in [3.05, 3.63) is 86.4 Å². The lowest BCUT2D eigenvalue weighted by Gasteiger charge is -2.07. The number of aromatic nitrogens is 3. The number of allylic oxidation sites excluding steroid dienone is 1. The van der Waals surface area contributed by atoms with E-state index in [2.05, 4.69) is 10.1 Å². The molecule has 0 radical (unpaired) electrons. The van der Waals surface area contributed by atoms with Crippen molar-refractivity contribution in [3.63, 3.8) is 0 Å². The van der Waals surface area contributed by atoms with Gasteiger partial charge in [0.1, 0.15) is 0 Å². The van der Waals surface area contributed by atoms with Crippen LogP contribution in [0.2, 0.25) is 0 Å². The summed E-state index contributed by atoms with van der Waals surface area (Å²) in [7, 11) is 3.19. The zero-order chi connectivity index (χ0) is 20.9. The van der Waals surface area contributed by atoms with Gasteiger partial charge in [0, 0.05) is 0 Å². The lowest BCUT2D eigenvalue weighted by Crippen LogP contribution is -2.23. The molecule has 0 spiro atoms. The summed E-state index contributed by atoms with van der Waals surface area (Å²) in [4.78, 5) is 17.6. The molecule has 0 amide bonds. The van der Waals surface area contributed by atoms with Crippen molar-refractivity contribution in [3.8, 4) is 11.5 Å². The third-order valence-corrected chi connectivity index (χ3v) is 5.34. The Morgan fingerprint density at radius 3 is 2.47 bits per heavy atom. The van der Waals surface area contributed by atoms with Crippen molar-refractivity contribution >= 4 is 40.6 Å². The molecule has 2 aromatic carbocycles. The van der Waals surface area contributed by atoms with E-state index < -0.39 is 0 Å². The van der Waals surface area contributed by atoms with Gasteiger partial charge < -0.3 is 9.47 Å². The molecule has 0 unspecified atom stereocenters. The summed E-state index contributed by atoms with van der Waals surface area (Å²) in [6.45, 7) is 0. The summed E-state index contributed by atoms with van der Waals surface area (Å²) in [5, 5.41) is 4.31. The first kappa shape index (κ1) is 19.6. The van der Waals surface area contributed by atoms with Gasteiger partial charge in [0.2, 0.25) is 4.96 Å². The molecule has 0 bridgehead atoms. The molecule has 6 nitrogen and oxygen atoms in total. The first-order valence-corrected chi connectivity index (χ1v) is 10.0. The second kappa shape index (κ2) is 8.75. The number of benzene rings is 2. The number of hydrogen-bond donors (Lipinski definition) is 0. The van der Waals surface area contributed by atoms with Gasteiger partial charge >= 0.3 is 0 Å². The molecule has 30 heavy (non-hydrogen) atoms. The summed E-state index contributed by atoms with van der Waals surface area (Å²) in [5.74, 6) is 1.78. The lowest BCUT2D eigenvalue weighted by molar-refractivity contribution is 0.355. The molecule has 0 saturated carbocycles. The number of nitrogens with zero attached hydrogens (tertiary/aromatic N) is 3. The molecule has 0 aliphatic carbocycles. The van der Waals surface area contributed by atoms with Gasteiger partial charge in [0.15, 0.2) is 17.3 Å². The molecular weight excluding hydrogens is 398 g/mol. The quantitative estimate of drug-likeness (QED) is 0.480. The van der Waals surface area contributed by atoms with Crippen LogP contribution >= 0.6 is 11.3 Å². The Hall–Kier alpha value is -3.71. The Kier molecular flexibility index (Phi) is 5.72. The molecule has 7 heteroatoms. The minimum absolute atomic E-state index is 0.175. The van der Waals surface area contributed by atoms with Crippen LogP contribution < -0.4 is 19.6 Å². The van der Waals surface area contributed by atoms with E-state index in [0.29, 0.717) is 26.8 Å². The Bertz CT molecular complexity index is 1340. The zero-order valence-electron chi connectivity index (χ0n) is 16.5. The maximum atomic E-state index is 12.6. The summed E-state index contributed by atoms with van der Waals surface area (Å²) in [5.41, 5.74) is 1.81. The minimum atomic E-state index is -0.175. The van der Waals surface area contributed by atoms with Crippen LogP contribution in [0.1, 0.15) is 17.0 Å². The normalized spacial score (nSPS) is 12.4. The minimum Gasteiger partial charge on any atom is -0.493 e. The first-order valence-electron chi connectivity index (χ1n) is 9.21. The fourth-order valence-corrected chi connectivity index (χ4v) is 3.74. The van der Waals surface area contributed by atoms with Gasteiger partial charge in [-0.05, 0) is 35.4 Å². The standard InChI is InChI=1S/C23H19N3O3S/c1-28-18-13-11-17(15-19(18)29-2)12-14-21-24-23-26(25-21)22(27)20(30-23)10-6-9-16-7-4-3-5-8-16/h3-15H,1-2H3. The molecule has 4 rings (SSSR count). The highest BCUT2D eigenvalue weighted by molar-refractivity contribution is 7.15. The van der Waals surface area contributed by atoms with Gasteiger partial charge in [0.05, 0.1) is 18.8 Å². The second-order valence-corrected chi connectivity index (χ2v) is 7.33. The van der Waals surface area contributed by atoms with Gasteiger partial charge in [-0.15, -0.1) is 5.10 Å². The Morgan fingerprint density at radius 2 is 1.73 bits per heavy atom. The first-order chi connectivity index (χ1) is 14.7. The molecule has 4 aromatic rings. The summed E-state index contributed by atoms with van der Waals surface area (Å²) >= 11 is 1.31. The number of hydrogen-bond acceptors (Lipinski definition) is 6. The van der Waals surface area contributed by atoms with Crippen LogP contribution in [0, 0.1) is 0 Å². The molecular formula is C23H19N3O3S. The van der Waals surface area contributed by atoms with Crippen molar-refractivity contribution in [2.75, 3.05) is 14.2 Å². The third kappa shape index (κ3) is 4.16. The van der Waals surface area contributed by atoms with Crippen molar-refractivity contribution in [1.82, 2.24) is 14.6 Å². The topological polar surface area (TPSA) is 65.7 Å². The van der Waals surface area contributed by atoms with Crippen LogP contribution in [0.3, 0.4) is 0 Å². The number of fused-ring (bicyclic) bond motifs is 1. The van der Waals surface area contributed by atoms with Crippen molar-refractivity contribution in [1.29, 1.82) is 0 Å². The number of methoxy groups -OCH3 is 2. The molecule has 0 aliphatic rings. The van der Waals surface area contributed by atoms with Crippen LogP contribution in [0.4, 0.5) is 0 Å². The number of ether oxygens (including phenoxy) is 2. The zero-order valence-corrected chi connectivity index (χ0v) is 17.3. The Morgan fingerprint density at radius 1 is 0.933 bits per heavy atom. The van der Waals surface area contributed by atoms with Crippen molar-refractivity contribution in [2.24, 2.45) is 0 Å². The molecule has 0 aliphatic heterocycles. The van der Waals surface area contributed by atoms with Crippen LogP contribution in [-0.4, -0.2) is 28.8 Å². The molecule has 150 valence electrons. The highest BCUT2D eigenvalue weighted by Gasteiger charge is 2.08. The predicted octanol–water partition coefficient (Wildman–Crippen LogP) is 3.55. The highest BCUT2D eigenvalue weighted by atomic mass is 32.1. The Balaban J connectivity index is 1.56. The van der Waals surface area contributed by atoms with Gasteiger partial charge in [-0.1, -0.05) is 66.0 Å².